The molecular formula is C17H20BrN3O4. The van der Waals surface area contributed by atoms with Gasteiger partial charge in [0.05, 0.1) is 11.6 Å². The van der Waals surface area contributed by atoms with Crippen LogP contribution in [0.1, 0.15) is 31.1 Å². The van der Waals surface area contributed by atoms with E-state index in [9.17, 15) is 14.4 Å². The minimum absolute atomic E-state index is 0.110. The van der Waals surface area contributed by atoms with Crippen molar-refractivity contribution in [2.75, 3.05) is 13.2 Å². The van der Waals surface area contributed by atoms with Crippen molar-refractivity contribution in [1.82, 2.24) is 10.6 Å². The van der Waals surface area contributed by atoms with Gasteiger partial charge in [-0.15, -0.1) is 0 Å². The van der Waals surface area contributed by atoms with Gasteiger partial charge in [0.25, 0.3) is 11.8 Å². The number of hydrogen-bond acceptors (Lipinski definition) is 5. The smallest absolute Gasteiger partial charge is 0.325 e. The number of hydrogen-bond donors (Lipinski definition) is 2. The molecule has 0 radical (unpaired) electrons. The summed E-state index contributed by atoms with van der Waals surface area (Å²) in [7, 11) is 0. The van der Waals surface area contributed by atoms with E-state index < -0.39 is 29.9 Å². The van der Waals surface area contributed by atoms with Gasteiger partial charge in [-0.05, 0) is 40.9 Å². The molecule has 1 rings (SSSR count). The molecule has 0 aromatic heterocycles. The molecular weight excluding hydrogens is 390 g/mol. The first kappa shape index (κ1) is 20.6. The number of rotatable bonds is 7. The number of carbonyl (C=O) groups is 3. The second kappa shape index (κ2) is 9.18. The van der Waals surface area contributed by atoms with E-state index in [0.717, 1.165) is 0 Å². The number of nitriles is 1. The Balaban J connectivity index is 2.43. The van der Waals surface area contributed by atoms with E-state index in [2.05, 4.69) is 26.6 Å². The molecule has 0 unspecified atom stereocenters. The number of carbonyl (C=O) groups excluding carboxylic acids is 3. The van der Waals surface area contributed by atoms with Crippen LogP contribution in [0.5, 0.6) is 0 Å². The molecule has 8 heteroatoms. The summed E-state index contributed by atoms with van der Waals surface area (Å²) in [6.45, 7) is 4.30. The molecule has 1 atom stereocenters. The molecule has 2 amide bonds. The van der Waals surface area contributed by atoms with E-state index in [1.54, 1.807) is 45.0 Å². The number of esters is 1. The van der Waals surface area contributed by atoms with Crippen LogP contribution in [-0.2, 0) is 14.3 Å². The maximum Gasteiger partial charge on any atom is 0.325 e. The van der Waals surface area contributed by atoms with Crippen molar-refractivity contribution < 1.29 is 19.1 Å². The van der Waals surface area contributed by atoms with Crippen LogP contribution in [0.2, 0.25) is 0 Å². The summed E-state index contributed by atoms with van der Waals surface area (Å²) in [5.41, 5.74) is -0.660. The molecule has 0 aliphatic heterocycles. The van der Waals surface area contributed by atoms with Crippen LogP contribution >= 0.6 is 15.9 Å². The van der Waals surface area contributed by atoms with Gasteiger partial charge in [-0.2, -0.15) is 5.26 Å². The molecule has 0 saturated carbocycles. The molecule has 7 nitrogen and oxygen atoms in total. The molecule has 25 heavy (non-hydrogen) atoms. The van der Waals surface area contributed by atoms with Gasteiger partial charge in [-0.1, -0.05) is 26.0 Å². The quantitative estimate of drug-likeness (QED) is 0.667. The van der Waals surface area contributed by atoms with Gasteiger partial charge in [0.15, 0.2) is 6.61 Å². The van der Waals surface area contributed by atoms with Crippen molar-refractivity contribution in [1.29, 1.82) is 5.26 Å². The molecule has 0 fully saturated rings. The third kappa shape index (κ3) is 6.19. The molecule has 0 aliphatic carbocycles. The van der Waals surface area contributed by atoms with Crippen LogP contribution in [0, 0.1) is 17.2 Å². The summed E-state index contributed by atoms with van der Waals surface area (Å²) in [5, 5.41) is 14.1. The van der Waals surface area contributed by atoms with Crippen LogP contribution in [-0.4, -0.2) is 36.5 Å². The van der Waals surface area contributed by atoms with Crippen molar-refractivity contribution in [2.24, 2.45) is 5.92 Å². The summed E-state index contributed by atoms with van der Waals surface area (Å²) < 4.78 is 5.41. The predicted molar refractivity (Wildman–Crippen MR) is 94.4 cm³/mol. The second-order valence-electron chi connectivity index (χ2n) is 5.84. The van der Waals surface area contributed by atoms with Gasteiger partial charge in [0, 0.05) is 4.47 Å². The van der Waals surface area contributed by atoms with E-state index in [4.69, 9.17) is 10.00 Å². The molecule has 0 spiro atoms. The summed E-state index contributed by atoms with van der Waals surface area (Å²) in [6, 6.07) is 8.80. The Kier molecular flexibility index (Phi) is 7.58. The molecule has 0 heterocycles. The minimum atomic E-state index is -1.04. The van der Waals surface area contributed by atoms with Crippen molar-refractivity contribution in [2.45, 2.75) is 26.3 Å². The fraction of sp³-hybridized carbons (Fsp3) is 0.412. The van der Waals surface area contributed by atoms with Crippen molar-refractivity contribution in [3.63, 3.8) is 0 Å². The molecule has 0 bridgehead atoms. The summed E-state index contributed by atoms with van der Waals surface area (Å²) in [4.78, 5) is 35.4. The molecule has 0 saturated heterocycles. The first-order chi connectivity index (χ1) is 11.7. The van der Waals surface area contributed by atoms with Gasteiger partial charge in [0.2, 0.25) is 0 Å². The highest BCUT2D eigenvalue weighted by molar-refractivity contribution is 9.10. The zero-order valence-electron chi connectivity index (χ0n) is 14.3. The Morgan fingerprint density at radius 1 is 1.32 bits per heavy atom. The standard InChI is InChI=1S/C17H20BrN3O4/c1-11(2)17(3,10-19)21-14(22)9-25-15(23)8-20-16(24)12-6-4-5-7-13(12)18/h4-7,11H,8-9H2,1-3H3,(H,20,24)(H,21,22)/t17-/m1/s1. The van der Waals surface area contributed by atoms with Crippen molar-refractivity contribution in [3.05, 3.63) is 34.3 Å². The van der Waals surface area contributed by atoms with E-state index in [1.165, 1.54) is 0 Å². The lowest BCUT2D eigenvalue weighted by Crippen LogP contribution is -2.50. The van der Waals surface area contributed by atoms with Crippen molar-refractivity contribution in [3.8, 4) is 6.07 Å². The Hall–Kier alpha value is -2.40. The highest BCUT2D eigenvalue weighted by Crippen LogP contribution is 2.15. The number of halogens is 1. The number of nitrogens with one attached hydrogen (secondary N) is 2. The molecule has 134 valence electrons. The number of nitrogens with zero attached hydrogens (tertiary/aromatic N) is 1. The average molecular weight is 410 g/mol. The summed E-state index contributed by atoms with van der Waals surface area (Å²) >= 11 is 3.24. The first-order valence-corrected chi connectivity index (χ1v) is 8.39. The zero-order valence-corrected chi connectivity index (χ0v) is 15.8. The average Bonchev–Trinajstić information content (AvgIpc) is 2.57. The molecule has 1 aromatic carbocycles. The van der Waals surface area contributed by atoms with Gasteiger partial charge in [0.1, 0.15) is 12.1 Å². The lowest BCUT2D eigenvalue weighted by Gasteiger charge is -2.27. The summed E-state index contributed by atoms with van der Waals surface area (Å²) in [5.74, 6) is -1.88. The van der Waals surface area contributed by atoms with Gasteiger partial charge < -0.3 is 15.4 Å². The maximum absolute atomic E-state index is 11.9. The lowest BCUT2D eigenvalue weighted by molar-refractivity contribution is -0.147. The van der Waals surface area contributed by atoms with E-state index in [1.807, 2.05) is 6.07 Å². The van der Waals surface area contributed by atoms with Crippen LogP contribution in [0.3, 0.4) is 0 Å². The van der Waals surface area contributed by atoms with Gasteiger partial charge in [-0.3, -0.25) is 14.4 Å². The fourth-order valence-electron chi connectivity index (χ4n) is 1.72. The van der Waals surface area contributed by atoms with Crippen LogP contribution in [0.15, 0.2) is 28.7 Å². The topological polar surface area (TPSA) is 108 Å². The normalized spacial score (nSPS) is 12.6. The fourth-order valence-corrected chi connectivity index (χ4v) is 2.18. The minimum Gasteiger partial charge on any atom is -0.454 e. The third-order valence-electron chi connectivity index (χ3n) is 3.66. The number of amides is 2. The Labute approximate surface area is 154 Å². The highest BCUT2D eigenvalue weighted by Gasteiger charge is 2.30. The Morgan fingerprint density at radius 3 is 2.52 bits per heavy atom. The Morgan fingerprint density at radius 2 is 1.96 bits per heavy atom. The second-order valence-corrected chi connectivity index (χ2v) is 6.69. The largest absolute Gasteiger partial charge is 0.454 e. The first-order valence-electron chi connectivity index (χ1n) is 7.60. The lowest BCUT2D eigenvalue weighted by atomic mass is 9.90. The van der Waals surface area contributed by atoms with Crippen LogP contribution < -0.4 is 10.6 Å². The summed E-state index contributed by atoms with van der Waals surface area (Å²) in [6.07, 6.45) is 0. The van der Waals surface area contributed by atoms with Crippen molar-refractivity contribution >= 4 is 33.7 Å². The monoisotopic (exact) mass is 409 g/mol. The van der Waals surface area contributed by atoms with Gasteiger partial charge >= 0.3 is 5.97 Å². The van der Waals surface area contributed by atoms with E-state index in [0.29, 0.717) is 10.0 Å². The molecule has 2 N–H and O–H groups in total. The maximum atomic E-state index is 11.9. The SMILES string of the molecule is CC(C)[C@@](C)(C#N)NC(=O)COC(=O)CNC(=O)c1ccccc1Br. The van der Waals surface area contributed by atoms with E-state index in [-0.39, 0.29) is 12.5 Å². The van der Waals surface area contributed by atoms with E-state index >= 15 is 0 Å². The Bertz CT molecular complexity index is 699. The number of ether oxygens (including phenoxy) is 1. The molecule has 1 aromatic rings. The molecule has 0 aliphatic rings. The predicted octanol–water partition coefficient (Wildman–Crippen LogP) is 1.78. The number of benzene rings is 1. The third-order valence-corrected chi connectivity index (χ3v) is 4.35. The van der Waals surface area contributed by atoms with Crippen LogP contribution in [0.4, 0.5) is 0 Å². The van der Waals surface area contributed by atoms with Crippen LogP contribution in [0.25, 0.3) is 0 Å². The zero-order chi connectivity index (χ0) is 19.0. The van der Waals surface area contributed by atoms with Gasteiger partial charge in [-0.25, -0.2) is 0 Å². The highest BCUT2D eigenvalue weighted by atomic mass is 79.9.